The highest BCUT2D eigenvalue weighted by atomic mass is 14.7. The van der Waals surface area contributed by atoms with Crippen LogP contribution >= 0.6 is 0 Å². The van der Waals surface area contributed by atoms with Crippen molar-refractivity contribution in [3.63, 3.8) is 0 Å². The first-order chi connectivity index (χ1) is 7.90. The lowest BCUT2D eigenvalue weighted by molar-refractivity contribution is 1.27. The van der Waals surface area contributed by atoms with Gasteiger partial charge >= 0.3 is 0 Å². The first-order valence-corrected chi connectivity index (χ1v) is 5.45. The van der Waals surface area contributed by atoms with Crippen LogP contribution in [0.25, 0.3) is 0 Å². The average molecular weight is 209 g/mol. The molecule has 0 fully saturated rings. The highest BCUT2D eigenvalue weighted by Crippen LogP contribution is 2.08. The van der Waals surface area contributed by atoms with Crippen molar-refractivity contribution in [2.24, 2.45) is 4.99 Å². The molecule has 2 aromatic rings. The molecule has 0 unspecified atom stereocenters. The van der Waals surface area contributed by atoms with Gasteiger partial charge in [-0.2, -0.15) is 0 Å². The predicted molar refractivity (Wildman–Crippen MR) is 69.0 cm³/mol. The van der Waals surface area contributed by atoms with E-state index in [4.69, 9.17) is 0 Å². The quantitative estimate of drug-likeness (QED) is 0.687. The molecule has 0 radical (unpaired) electrons. The number of aliphatic imine (C=N–C) groups is 1. The SMILES string of the molecule is CN=C(Cc1ccccc1)c1ccccc1. The van der Waals surface area contributed by atoms with Gasteiger partial charge in [0.25, 0.3) is 0 Å². The van der Waals surface area contributed by atoms with Gasteiger partial charge in [0.05, 0.1) is 0 Å². The molecule has 0 aromatic heterocycles. The lowest BCUT2D eigenvalue weighted by Crippen LogP contribution is -2.04. The van der Waals surface area contributed by atoms with Crippen molar-refractivity contribution < 1.29 is 0 Å². The summed E-state index contributed by atoms with van der Waals surface area (Å²) in [7, 11) is 1.85. The van der Waals surface area contributed by atoms with E-state index < -0.39 is 0 Å². The lowest BCUT2D eigenvalue weighted by atomic mass is 10.0. The van der Waals surface area contributed by atoms with Gasteiger partial charge in [0.2, 0.25) is 0 Å². The third kappa shape index (κ3) is 2.57. The molecule has 0 atom stereocenters. The minimum atomic E-state index is 0.890. The summed E-state index contributed by atoms with van der Waals surface area (Å²) in [5.74, 6) is 0. The number of rotatable bonds is 3. The number of hydrogen-bond donors (Lipinski definition) is 0. The summed E-state index contributed by atoms with van der Waals surface area (Å²) < 4.78 is 0. The molecule has 0 aliphatic rings. The Morgan fingerprint density at radius 1 is 0.875 bits per heavy atom. The highest BCUT2D eigenvalue weighted by Gasteiger charge is 2.02. The van der Waals surface area contributed by atoms with Gasteiger partial charge in [-0.05, 0) is 11.1 Å². The van der Waals surface area contributed by atoms with Crippen molar-refractivity contribution in [3.05, 3.63) is 71.8 Å². The highest BCUT2D eigenvalue weighted by molar-refractivity contribution is 6.01. The molecule has 2 aromatic carbocycles. The summed E-state index contributed by atoms with van der Waals surface area (Å²) in [6, 6.07) is 20.8. The van der Waals surface area contributed by atoms with Gasteiger partial charge in [-0.1, -0.05) is 60.7 Å². The molecule has 0 saturated carbocycles. The molecule has 0 aliphatic carbocycles. The summed E-state index contributed by atoms with van der Waals surface area (Å²) >= 11 is 0. The zero-order chi connectivity index (χ0) is 11.2. The second kappa shape index (κ2) is 5.26. The average Bonchev–Trinajstić information content (AvgIpc) is 2.38. The maximum absolute atomic E-state index is 4.37. The van der Waals surface area contributed by atoms with Crippen LogP contribution in [-0.4, -0.2) is 12.8 Å². The fourth-order valence-corrected chi connectivity index (χ4v) is 1.73. The van der Waals surface area contributed by atoms with Crippen molar-refractivity contribution in [2.45, 2.75) is 6.42 Å². The Kier molecular flexibility index (Phi) is 3.50. The molecule has 0 N–H and O–H groups in total. The topological polar surface area (TPSA) is 12.4 Å². The molecule has 80 valence electrons. The fourth-order valence-electron chi connectivity index (χ4n) is 1.73. The van der Waals surface area contributed by atoms with Gasteiger partial charge in [0.15, 0.2) is 0 Å². The van der Waals surface area contributed by atoms with Gasteiger partial charge in [-0.3, -0.25) is 4.99 Å². The Hall–Kier alpha value is -1.89. The fraction of sp³-hybridized carbons (Fsp3) is 0.133. The van der Waals surface area contributed by atoms with Crippen molar-refractivity contribution in [3.8, 4) is 0 Å². The first-order valence-electron chi connectivity index (χ1n) is 5.45. The van der Waals surface area contributed by atoms with Crippen molar-refractivity contribution >= 4 is 5.71 Å². The monoisotopic (exact) mass is 209 g/mol. The Balaban J connectivity index is 2.20. The maximum Gasteiger partial charge on any atom is 0.0460 e. The van der Waals surface area contributed by atoms with E-state index in [2.05, 4.69) is 41.4 Å². The standard InChI is InChI=1S/C15H15N/c1-16-15(14-10-6-3-7-11-14)12-13-8-4-2-5-9-13/h2-11H,12H2,1H3. The van der Waals surface area contributed by atoms with E-state index >= 15 is 0 Å². The smallest absolute Gasteiger partial charge is 0.0460 e. The van der Waals surface area contributed by atoms with Crippen LogP contribution in [0.3, 0.4) is 0 Å². The first kappa shape index (κ1) is 10.6. The van der Waals surface area contributed by atoms with Crippen molar-refractivity contribution in [2.75, 3.05) is 7.05 Å². The third-order valence-electron chi connectivity index (χ3n) is 2.59. The van der Waals surface area contributed by atoms with Crippen LogP contribution in [0.4, 0.5) is 0 Å². The largest absolute Gasteiger partial charge is 0.292 e. The van der Waals surface area contributed by atoms with Gasteiger partial charge in [0, 0.05) is 19.2 Å². The van der Waals surface area contributed by atoms with Crippen LogP contribution in [-0.2, 0) is 6.42 Å². The second-order valence-corrected chi connectivity index (χ2v) is 3.70. The Morgan fingerprint density at radius 2 is 1.44 bits per heavy atom. The van der Waals surface area contributed by atoms with Crippen LogP contribution in [0.2, 0.25) is 0 Å². The van der Waals surface area contributed by atoms with Crippen LogP contribution in [0.5, 0.6) is 0 Å². The molecule has 0 aliphatic heterocycles. The number of nitrogens with zero attached hydrogens (tertiary/aromatic N) is 1. The van der Waals surface area contributed by atoms with Crippen molar-refractivity contribution in [1.82, 2.24) is 0 Å². The van der Waals surface area contributed by atoms with Gasteiger partial charge < -0.3 is 0 Å². The summed E-state index contributed by atoms with van der Waals surface area (Å²) in [4.78, 5) is 4.37. The summed E-state index contributed by atoms with van der Waals surface area (Å²) in [5, 5.41) is 0. The molecule has 2 rings (SSSR count). The zero-order valence-electron chi connectivity index (χ0n) is 9.43. The molecule has 1 heteroatoms. The Labute approximate surface area is 96.5 Å². The molecule has 0 amide bonds. The van der Waals surface area contributed by atoms with Crippen LogP contribution in [0.1, 0.15) is 11.1 Å². The predicted octanol–water partition coefficient (Wildman–Crippen LogP) is 3.35. The van der Waals surface area contributed by atoms with Crippen LogP contribution in [0, 0.1) is 0 Å². The van der Waals surface area contributed by atoms with E-state index in [0.29, 0.717) is 0 Å². The summed E-state index contributed by atoms with van der Waals surface area (Å²) in [6.45, 7) is 0. The van der Waals surface area contributed by atoms with E-state index in [1.165, 1.54) is 11.1 Å². The molecule has 16 heavy (non-hydrogen) atoms. The van der Waals surface area contributed by atoms with Crippen LogP contribution in [0.15, 0.2) is 65.7 Å². The van der Waals surface area contributed by atoms with E-state index in [0.717, 1.165) is 12.1 Å². The summed E-state index contributed by atoms with van der Waals surface area (Å²) in [5.41, 5.74) is 3.63. The van der Waals surface area contributed by atoms with E-state index in [-0.39, 0.29) is 0 Å². The van der Waals surface area contributed by atoms with Gasteiger partial charge in [0.1, 0.15) is 0 Å². The van der Waals surface area contributed by atoms with E-state index in [9.17, 15) is 0 Å². The lowest BCUT2D eigenvalue weighted by Gasteiger charge is -2.05. The molecule has 1 nitrogen and oxygen atoms in total. The van der Waals surface area contributed by atoms with E-state index in [1.54, 1.807) is 0 Å². The second-order valence-electron chi connectivity index (χ2n) is 3.70. The van der Waals surface area contributed by atoms with Crippen LogP contribution < -0.4 is 0 Å². The van der Waals surface area contributed by atoms with Crippen molar-refractivity contribution in [1.29, 1.82) is 0 Å². The molecule has 0 saturated heterocycles. The molecular formula is C15H15N. The number of hydrogen-bond acceptors (Lipinski definition) is 1. The molecule has 0 heterocycles. The minimum absolute atomic E-state index is 0.890. The summed E-state index contributed by atoms with van der Waals surface area (Å²) in [6.07, 6.45) is 0.890. The third-order valence-corrected chi connectivity index (χ3v) is 2.59. The van der Waals surface area contributed by atoms with E-state index in [1.807, 2.05) is 31.3 Å². The van der Waals surface area contributed by atoms with Gasteiger partial charge in [-0.15, -0.1) is 0 Å². The zero-order valence-corrected chi connectivity index (χ0v) is 9.43. The number of benzene rings is 2. The molecular weight excluding hydrogens is 194 g/mol. The maximum atomic E-state index is 4.37. The van der Waals surface area contributed by atoms with Gasteiger partial charge in [-0.25, -0.2) is 0 Å². The normalized spacial score (nSPS) is 11.4. The Morgan fingerprint density at radius 3 is 2.00 bits per heavy atom. The Bertz CT molecular complexity index is 457. The minimum Gasteiger partial charge on any atom is -0.292 e. The molecule has 0 bridgehead atoms. The molecule has 0 spiro atoms.